The highest BCUT2D eigenvalue weighted by Crippen LogP contribution is 2.45. The Bertz CT molecular complexity index is 1440. The highest BCUT2D eigenvalue weighted by Gasteiger charge is 2.25. The molecule has 0 bridgehead atoms. The summed E-state index contributed by atoms with van der Waals surface area (Å²) >= 11 is 0. The van der Waals surface area contributed by atoms with Crippen molar-refractivity contribution in [3.63, 3.8) is 0 Å². The summed E-state index contributed by atoms with van der Waals surface area (Å²) in [6.45, 7) is 0. The molecular formula is C28H19FO3. The Labute approximate surface area is 184 Å². The van der Waals surface area contributed by atoms with Crippen LogP contribution >= 0.6 is 0 Å². The zero-order chi connectivity index (χ0) is 22.1. The number of halogens is 1. The van der Waals surface area contributed by atoms with E-state index in [-0.39, 0.29) is 17.1 Å². The van der Waals surface area contributed by atoms with E-state index in [2.05, 4.69) is 0 Å². The Morgan fingerprint density at radius 2 is 1.25 bits per heavy atom. The third kappa shape index (κ3) is 3.46. The number of carbonyl (C=O) groups excluding carboxylic acids is 1. The van der Waals surface area contributed by atoms with Gasteiger partial charge in [0.1, 0.15) is 11.5 Å². The average molecular weight is 422 g/mol. The molecule has 0 aliphatic carbocycles. The minimum Gasteiger partial charge on any atom is -0.507 e. The largest absolute Gasteiger partial charge is 0.507 e. The maximum atomic E-state index is 14.9. The summed E-state index contributed by atoms with van der Waals surface area (Å²) < 4.78 is 20.5. The second-order valence-electron chi connectivity index (χ2n) is 7.53. The monoisotopic (exact) mass is 422 g/mol. The molecule has 0 saturated carbocycles. The van der Waals surface area contributed by atoms with Crippen LogP contribution in [0.4, 0.5) is 4.39 Å². The molecule has 1 N–H and O–H groups in total. The predicted molar refractivity (Wildman–Crippen MR) is 124 cm³/mol. The van der Waals surface area contributed by atoms with E-state index in [1.165, 1.54) is 0 Å². The van der Waals surface area contributed by atoms with E-state index in [0.29, 0.717) is 11.1 Å². The summed E-state index contributed by atoms with van der Waals surface area (Å²) in [5, 5.41) is 14.3. The van der Waals surface area contributed by atoms with Crippen molar-refractivity contribution in [2.45, 2.75) is 6.17 Å². The fourth-order valence-electron chi connectivity index (χ4n) is 4.04. The van der Waals surface area contributed by atoms with Crippen molar-refractivity contribution >= 4 is 27.5 Å². The number of benzene rings is 5. The predicted octanol–water partition coefficient (Wildman–Crippen LogP) is 6.98. The average Bonchev–Trinajstić information content (AvgIpc) is 2.84. The number of phenols is 1. The third-order valence-electron chi connectivity index (χ3n) is 5.56. The van der Waals surface area contributed by atoms with Crippen LogP contribution in [0.3, 0.4) is 0 Å². The van der Waals surface area contributed by atoms with Crippen molar-refractivity contribution in [3.05, 3.63) is 109 Å². The van der Waals surface area contributed by atoms with Gasteiger partial charge in [0.25, 0.3) is 0 Å². The van der Waals surface area contributed by atoms with E-state index < -0.39 is 12.1 Å². The third-order valence-corrected chi connectivity index (χ3v) is 5.56. The summed E-state index contributed by atoms with van der Waals surface area (Å²) in [7, 11) is 0. The lowest BCUT2D eigenvalue weighted by Crippen LogP contribution is -2.15. The molecule has 4 heteroatoms. The van der Waals surface area contributed by atoms with Crippen LogP contribution < -0.4 is 4.74 Å². The van der Waals surface area contributed by atoms with Crippen molar-refractivity contribution in [1.29, 1.82) is 0 Å². The Kier molecular flexibility index (Phi) is 5.04. The molecule has 0 spiro atoms. The van der Waals surface area contributed by atoms with E-state index in [1.807, 2.05) is 60.7 Å². The van der Waals surface area contributed by atoms with Gasteiger partial charge in [-0.3, -0.25) is 0 Å². The first-order valence-electron chi connectivity index (χ1n) is 10.3. The lowest BCUT2D eigenvalue weighted by Gasteiger charge is -2.17. The molecule has 156 valence electrons. The summed E-state index contributed by atoms with van der Waals surface area (Å²) in [5.41, 5.74) is 1.32. The first kappa shape index (κ1) is 19.8. The number of fused-ring (bicyclic) bond motifs is 2. The number of ether oxygens (including phenoxy) is 1. The molecule has 0 saturated heterocycles. The normalized spacial score (nSPS) is 12.0. The lowest BCUT2D eigenvalue weighted by molar-refractivity contribution is -0.140. The van der Waals surface area contributed by atoms with Crippen molar-refractivity contribution < 1.29 is 19.0 Å². The van der Waals surface area contributed by atoms with Crippen LogP contribution in [0.25, 0.3) is 32.7 Å². The maximum Gasteiger partial charge on any atom is 0.350 e. The van der Waals surface area contributed by atoms with Crippen LogP contribution in [-0.2, 0) is 4.79 Å². The van der Waals surface area contributed by atoms with E-state index in [0.717, 1.165) is 21.5 Å². The molecular weight excluding hydrogens is 403 g/mol. The number of rotatable bonds is 4. The quantitative estimate of drug-likeness (QED) is 0.251. The van der Waals surface area contributed by atoms with Gasteiger partial charge in [-0.2, -0.15) is 0 Å². The topological polar surface area (TPSA) is 46.5 Å². The smallest absolute Gasteiger partial charge is 0.350 e. The van der Waals surface area contributed by atoms with Gasteiger partial charge in [0.15, 0.2) is 0 Å². The van der Waals surface area contributed by atoms with Gasteiger partial charge in [-0.15, -0.1) is 0 Å². The van der Waals surface area contributed by atoms with Gasteiger partial charge in [0.2, 0.25) is 6.17 Å². The van der Waals surface area contributed by atoms with Crippen LogP contribution in [0.15, 0.2) is 103 Å². The minimum atomic E-state index is -1.92. The molecule has 0 amide bonds. The lowest BCUT2D eigenvalue weighted by atomic mass is 9.92. The highest BCUT2D eigenvalue weighted by molar-refractivity contribution is 6.10. The highest BCUT2D eigenvalue weighted by atomic mass is 19.1. The fourth-order valence-corrected chi connectivity index (χ4v) is 4.04. The number of carbonyl (C=O) groups is 1. The maximum absolute atomic E-state index is 14.9. The molecule has 0 heterocycles. The molecule has 3 nitrogen and oxygen atoms in total. The second kappa shape index (κ2) is 8.16. The van der Waals surface area contributed by atoms with Gasteiger partial charge in [-0.05, 0) is 39.2 Å². The van der Waals surface area contributed by atoms with Crippen LogP contribution in [0.2, 0.25) is 0 Å². The number of alkyl halides is 1. The number of hydrogen-bond acceptors (Lipinski definition) is 3. The molecule has 0 aliphatic heterocycles. The van der Waals surface area contributed by atoms with Crippen molar-refractivity contribution in [2.24, 2.45) is 0 Å². The Morgan fingerprint density at radius 3 is 1.94 bits per heavy atom. The number of hydrogen-bond donors (Lipinski definition) is 1. The minimum absolute atomic E-state index is 0.0530. The Balaban J connectivity index is 1.70. The summed E-state index contributed by atoms with van der Waals surface area (Å²) in [4.78, 5) is 12.7. The van der Waals surface area contributed by atoms with Gasteiger partial charge in [-0.25, -0.2) is 9.18 Å². The molecule has 5 aromatic rings. The molecule has 5 rings (SSSR count). The number of esters is 1. The fraction of sp³-hybridized carbons (Fsp3) is 0.0357. The Morgan fingerprint density at radius 1 is 0.688 bits per heavy atom. The number of phenolic OH excluding ortho intramolecular Hbond substituents is 1. The van der Waals surface area contributed by atoms with Crippen LogP contribution in [-0.4, -0.2) is 11.1 Å². The number of aromatic hydroxyl groups is 1. The van der Waals surface area contributed by atoms with Crippen molar-refractivity contribution in [3.8, 4) is 22.6 Å². The van der Waals surface area contributed by atoms with E-state index in [4.69, 9.17) is 4.74 Å². The van der Waals surface area contributed by atoms with Crippen molar-refractivity contribution in [1.82, 2.24) is 0 Å². The molecule has 0 aromatic heterocycles. The summed E-state index contributed by atoms with van der Waals surface area (Å²) in [6, 6.07) is 30.4. The van der Waals surface area contributed by atoms with Gasteiger partial charge in [0.05, 0.1) is 0 Å². The second-order valence-corrected chi connectivity index (χ2v) is 7.53. The van der Waals surface area contributed by atoms with Gasteiger partial charge in [-0.1, -0.05) is 91.0 Å². The van der Waals surface area contributed by atoms with Crippen molar-refractivity contribution in [2.75, 3.05) is 0 Å². The zero-order valence-corrected chi connectivity index (χ0v) is 17.0. The summed E-state index contributed by atoms with van der Waals surface area (Å²) in [6.07, 6.45) is -1.92. The van der Waals surface area contributed by atoms with Gasteiger partial charge < -0.3 is 9.84 Å². The summed E-state index contributed by atoms with van der Waals surface area (Å²) in [5.74, 6) is -0.761. The Hall–Kier alpha value is -4.18. The molecule has 1 atom stereocenters. The van der Waals surface area contributed by atoms with E-state index >= 15 is 0 Å². The molecule has 32 heavy (non-hydrogen) atoms. The van der Waals surface area contributed by atoms with Crippen LogP contribution in [0.1, 0.15) is 11.7 Å². The molecule has 0 aliphatic rings. The van der Waals surface area contributed by atoms with E-state index in [9.17, 15) is 14.3 Å². The van der Waals surface area contributed by atoms with Crippen LogP contribution in [0.5, 0.6) is 11.5 Å². The van der Waals surface area contributed by atoms with E-state index in [1.54, 1.807) is 42.5 Å². The van der Waals surface area contributed by atoms with Gasteiger partial charge >= 0.3 is 5.97 Å². The first-order valence-corrected chi connectivity index (χ1v) is 10.3. The zero-order valence-electron chi connectivity index (χ0n) is 17.0. The van der Waals surface area contributed by atoms with Gasteiger partial charge in [0, 0.05) is 11.1 Å². The molecule has 0 radical (unpaired) electrons. The standard InChI is InChI=1S/C28H19FO3/c29-27(20-10-2-1-3-11-20)28(31)32-24-17-15-19-9-5-7-13-22(19)26(24)25-21-12-6-4-8-18(21)14-16-23(25)30/h1-17,27,30H. The molecule has 0 fully saturated rings. The SMILES string of the molecule is O=C(Oc1ccc2ccccc2c1-c1c(O)ccc2ccccc12)C(F)c1ccccc1. The molecule has 5 aromatic carbocycles. The van der Waals surface area contributed by atoms with Crippen LogP contribution in [0, 0.1) is 0 Å². The first-order chi connectivity index (χ1) is 15.6. The molecule has 1 unspecified atom stereocenters.